The summed E-state index contributed by atoms with van der Waals surface area (Å²) in [6, 6.07) is 6.35. The fourth-order valence-electron chi connectivity index (χ4n) is 1.80. The van der Waals surface area contributed by atoms with E-state index >= 15 is 0 Å². The fraction of sp³-hybridized carbons (Fsp3) is 0.571. The highest BCUT2D eigenvalue weighted by Gasteiger charge is 2.11. The van der Waals surface area contributed by atoms with Crippen molar-refractivity contribution >= 4 is 0 Å². The molecule has 0 spiro atoms. The summed E-state index contributed by atoms with van der Waals surface area (Å²) < 4.78 is 5.31. The fourth-order valence-corrected chi connectivity index (χ4v) is 1.80. The highest BCUT2D eigenvalue weighted by Crippen LogP contribution is 2.26. The molecular weight excluding hydrogens is 198 g/mol. The summed E-state index contributed by atoms with van der Waals surface area (Å²) in [6.45, 7) is 6.49. The Hall–Kier alpha value is -1.02. The zero-order valence-electron chi connectivity index (χ0n) is 10.8. The minimum absolute atomic E-state index is 0.115. The van der Waals surface area contributed by atoms with Gasteiger partial charge in [-0.25, -0.2) is 0 Å². The summed E-state index contributed by atoms with van der Waals surface area (Å²) >= 11 is 0. The monoisotopic (exact) mass is 221 g/mol. The van der Waals surface area contributed by atoms with Gasteiger partial charge in [0.05, 0.1) is 7.11 Å². The molecule has 1 aromatic rings. The van der Waals surface area contributed by atoms with Gasteiger partial charge in [-0.3, -0.25) is 0 Å². The molecule has 1 rings (SSSR count). The summed E-state index contributed by atoms with van der Waals surface area (Å²) in [5.41, 5.74) is 8.51. The predicted molar refractivity (Wildman–Crippen MR) is 68.7 cm³/mol. The normalized spacial score (nSPS) is 14.6. The van der Waals surface area contributed by atoms with Gasteiger partial charge in [0.15, 0.2) is 0 Å². The molecule has 0 saturated carbocycles. The molecule has 2 N–H and O–H groups in total. The molecule has 2 heteroatoms. The molecule has 0 fully saturated rings. The van der Waals surface area contributed by atoms with E-state index in [0.29, 0.717) is 5.92 Å². The summed E-state index contributed by atoms with van der Waals surface area (Å²) in [5, 5.41) is 0. The van der Waals surface area contributed by atoms with Crippen molar-refractivity contribution in [1.29, 1.82) is 0 Å². The van der Waals surface area contributed by atoms with Crippen LogP contribution in [0.25, 0.3) is 0 Å². The van der Waals surface area contributed by atoms with E-state index < -0.39 is 0 Å². The molecule has 0 aliphatic heterocycles. The Kier molecular flexibility index (Phi) is 4.81. The third kappa shape index (κ3) is 3.24. The first kappa shape index (κ1) is 13.0. The molecule has 0 amide bonds. The van der Waals surface area contributed by atoms with Gasteiger partial charge in [0.2, 0.25) is 0 Å². The van der Waals surface area contributed by atoms with E-state index in [1.54, 1.807) is 7.11 Å². The highest BCUT2D eigenvalue weighted by molar-refractivity contribution is 5.37. The van der Waals surface area contributed by atoms with E-state index in [1.165, 1.54) is 12.0 Å². The van der Waals surface area contributed by atoms with Crippen molar-refractivity contribution in [3.63, 3.8) is 0 Å². The summed E-state index contributed by atoms with van der Waals surface area (Å²) in [5.74, 6) is 1.60. The standard InChI is InChI=1S/C14H23NO/c1-5-10(2)8-13(15)12-7-6-11(3)14(9-12)16-4/h6-7,9-10,13H,5,8,15H2,1-4H3. The Balaban J connectivity index is 2.79. The van der Waals surface area contributed by atoms with Crippen LogP contribution in [-0.4, -0.2) is 7.11 Å². The lowest BCUT2D eigenvalue weighted by Crippen LogP contribution is -2.14. The van der Waals surface area contributed by atoms with Gasteiger partial charge < -0.3 is 10.5 Å². The van der Waals surface area contributed by atoms with Crippen molar-refractivity contribution in [2.75, 3.05) is 7.11 Å². The molecule has 2 nitrogen and oxygen atoms in total. The first-order valence-corrected chi connectivity index (χ1v) is 5.98. The van der Waals surface area contributed by atoms with Gasteiger partial charge in [0, 0.05) is 6.04 Å². The lowest BCUT2D eigenvalue weighted by Gasteiger charge is -2.17. The van der Waals surface area contributed by atoms with Crippen molar-refractivity contribution in [3.05, 3.63) is 29.3 Å². The lowest BCUT2D eigenvalue weighted by molar-refractivity contribution is 0.409. The van der Waals surface area contributed by atoms with Gasteiger partial charge in [-0.1, -0.05) is 32.4 Å². The van der Waals surface area contributed by atoms with E-state index in [4.69, 9.17) is 10.5 Å². The van der Waals surface area contributed by atoms with Crippen LogP contribution in [0.1, 0.15) is 43.9 Å². The molecule has 2 atom stereocenters. The number of hydrogen-bond acceptors (Lipinski definition) is 2. The molecule has 0 radical (unpaired) electrons. The molecule has 90 valence electrons. The Morgan fingerprint density at radius 1 is 1.38 bits per heavy atom. The Bertz CT molecular complexity index is 336. The maximum Gasteiger partial charge on any atom is 0.122 e. The predicted octanol–water partition coefficient (Wildman–Crippen LogP) is 3.44. The summed E-state index contributed by atoms with van der Waals surface area (Å²) in [4.78, 5) is 0. The maximum atomic E-state index is 6.19. The lowest BCUT2D eigenvalue weighted by atomic mass is 9.94. The van der Waals surface area contributed by atoms with Crippen LogP contribution in [0.5, 0.6) is 5.75 Å². The Labute approximate surface area is 98.8 Å². The molecule has 0 saturated heterocycles. The molecule has 0 aliphatic carbocycles. The number of ether oxygens (including phenoxy) is 1. The average molecular weight is 221 g/mol. The molecule has 0 bridgehead atoms. The second-order valence-electron chi connectivity index (χ2n) is 4.58. The van der Waals surface area contributed by atoms with Crippen LogP contribution in [0.4, 0.5) is 0 Å². The molecule has 0 aromatic heterocycles. The van der Waals surface area contributed by atoms with Crippen molar-refractivity contribution in [2.45, 2.75) is 39.7 Å². The van der Waals surface area contributed by atoms with Gasteiger partial charge in [-0.15, -0.1) is 0 Å². The Morgan fingerprint density at radius 3 is 2.62 bits per heavy atom. The number of methoxy groups -OCH3 is 1. The SMILES string of the molecule is CCC(C)CC(N)c1ccc(C)c(OC)c1. The van der Waals surface area contributed by atoms with Crippen LogP contribution in [0.15, 0.2) is 18.2 Å². The quantitative estimate of drug-likeness (QED) is 0.826. The van der Waals surface area contributed by atoms with Crippen molar-refractivity contribution in [2.24, 2.45) is 11.7 Å². The van der Waals surface area contributed by atoms with Crippen LogP contribution >= 0.6 is 0 Å². The topological polar surface area (TPSA) is 35.2 Å². The number of hydrogen-bond donors (Lipinski definition) is 1. The molecular formula is C14H23NO. The number of aryl methyl sites for hydroxylation is 1. The second-order valence-corrected chi connectivity index (χ2v) is 4.58. The number of benzene rings is 1. The van der Waals surface area contributed by atoms with Gasteiger partial charge in [0.25, 0.3) is 0 Å². The van der Waals surface area contributed by atoms with Crippen molar-refractivity contribution in [3.8, 4) is 5.75 Å². The van der Waals surface area contributed by atoms with E-state index in [9.17, 15) is 0 Å². The van der Waals surface area contributed by atoms with E-state index in [1.807, 2.05) is 6.92 Å². The van der Waals surface area contributed by atoms with Crippen LogP contribution in [0.2, 0.25) is 0 Å². The number of nitrogens with two attached hydrogens (primary N) is 1. The zero-order chi connectivity index (χ0) is 12.1. The zero-order valence-corrected chi connectivity index (χ0v) is 10.8. The van der Waals surface area contributed by atoms with Crippen molar-refractivity contribution < 1.29 is 4.74 Å². The minimum Gasteiger partial charge on any atom is -0.496 e. The van der Waals surface area contributed by atoms with Crippen LogP contribution in [-0.2, 0) is 0 Å². The van der Waals surface area contributed by atoms with E-state index in [2.05, 4.69) is 32.0 Å². The van der Waals surface area contributed by atoms with E-state index in [0.717, 1.165) is 17.7 Å². The van der Waals surface area contributed by atoms with Crippen LogP contribution in [0, 0.1) is 12.8 Å². The van der Waals surface area contributed by atoms with Crippen LogP contribution in [0.3, 0.4) is 0 Å². The molecule has 1 aromatic carbocycles. The first-order valence-electron chi connectivity index (χ1n) is 5.98. The van der Waals surface area contributed by atoms with Gasteiger partial charge in [-0.2, -0.15) is 0 Å². The number of rotatable bonds is 5. The largest absolute Gasteiger partial charge is 0.496 e. The minimum atomic E-state index is 0.115. The highest BCUT2D eigenvalue weighted by atomic mass is 16.5. The van der Waals surface area contributed by atoms with Gasteiger partial charge in [-0.05, 0) is 36.5 Å². The average Bonchev–Trinajstić information content (AvgIpc) is 2.29. The first-order chi connectivity index (χ1) is 7.58. The van der Waals surface area contributed by atoms with Gasteiger partial charge in [0.1, 0.15) is 5.75 Å². The molecule has 0 aliphatic rings. The van der Waals surface area contributed by atoms with Gasteiger partial charge >= 0.3 is 0 Å². The summed E-state index contributed by atoms with van der Waals surface area (Å²) in [6.07, 6.45) is 2.21. The molecule has 2 unspecified atom stereocenters. The molecule has 16 heavy (non-hydrogen) atoms. The van der Waals surface area contributed by atoms with Crippen molar-refractivity contribution in [1.82, 2.24) is 0 Å². The van der Waals surface area contributed by atoms with Crippen LogP contribution < -0.4 is 10.5 Å². The maximum absolute atomic E-state index is 6.19. The summed E-state index contributed by atoms with van der Waals surface area (Å²) in [7, 11) is 1.70. The third-order valence-corrected chi connectivity index (χ3v) is 3.21. The molecule has 0 heterocycles. The van der Waals surface area contributed by atoms with E-state index in [-0.39, 0.29) is 6.04 Å². The smallest absolute Gasteiger partial charge is 0.122 e. The second kappa shape index (κ2) is 5.90. The Morgan fingerprint density at radius 2 is 2.06 bits per heavy atom. The third-order valence-electron chi connectivity index (χ3n) is 3.21.